The van der Waals surface area contributed by atoms with Gasteiger partial charge in [0.05, 0.1) is 11.0 Å². The number of carbonyl (C=O) groups is 2. The first kappa shape index (κ1) is 26.3. The van der Waals surface area contributed by atoms with E-state index >= 15 is 0 Å². The fraction of sp³-hybridized carbons (Fsp3) is 0.226. The molecule has 10 heteroatoms. The van der Waals surface area contributed by atoms with Crippen LogP contribution in [0.4, 0.5) is 4.79 Å². The lowest BCUT2D eigenvalue weighted by molar-refractivity contribution is 0.0963. The van der Waals surface area contributed by atoms with Crippen LogP contribution in [0.1, 0.15) is 35.3 Å². The van der Waals surface area contributed by atoms with Gasteiger partial charge in [-0.3, -0.25) is 9.89 Å². The van der Waals surface area contributed by atoms with E-state index in [1.807, 2.05) is 50.2 Å². The van der Waals surface area contributed by atoms with Gasteiger partial charge in [-0.05, 0) is 60.4 Å². The molecule has 3 aromatic carbocycles. The summed E-state index contributed by atoms with van der Waals surface area (Å²) in [6.07, 6.45) is -0.451. The van der Waals surface area contributed by atoms with E-state index in [2.05, 4.69) is 37.9 Å². The molecule has 3 heterocycles. The lowest BCUT2D eigenvalue weighted by atomic mass is 10.0. The Morgan fingerprint density at radius 2 is 1.56 bits per heavy atom. The van der Waals surface area contributed by atoms with Crippen molar-refractivity contribution in [2.24, 2.45) is 0 Å². The summed E-state index contributed by atoms with van der Waals surface area (Å²) >= 11 is 0. The average Bonchev–Trinajstić information content (AvgIpc) is 3.74. The second kappa shape index (κ2) is 10.9. The van der Waals surface area contributed by atoms with Crippen molar-refractivity contribution in [3.05, 3.63) is 77.4 Å². The highest BCUT2D eigenvalue weighted by Crippen LogP contribution is 2.38. The minimum atomic E-state index is -0.451. The maximum Gasteiger partial charge on any atom is 0.415 e. The van der Waals surface area contributed by atoms with Crippen LogP contribution in [-0.2, 0) is 13.1 Å². The summed E-state index contributed by atoms with van der Waals surface area (Å²) in [6, 6.07) is 19.4. The van der Waals surface area contributed by atoms with Crippen LogP contribution in [-0.4, -0.2) is 57.2 Å². The van der Waals surface area contributed by atoms with E-state index in [9.17, 15) is 9.59 Å². The lowest BCUT2D eigenvalue weighted by Gasteiger charge is -2.18. The number of hydrogen-bond donors (Lipinski definition) is 4. The first-order valence-electron chi connectivity index (χ1n) is 13.7. The molecule has 0 aliphatic carbocycles. The molecule has 0 unspecified atom stereocenters. The minimum Gasteiger partial charge on any atom is -0.405 e. The van der Waals surface area contributed by atoms with Crippen molar-refractivity contribution in [3.8, 4) is 39.7 Å². The predicted octanol–water partition coefficient (Wildman–Crippen LogP) is 5.09. The smallest absolute Gasteiger partial charge is 0.405 e. The molecule has 0 saturated carbocycles. The van der Waals surface area contributed by atoms with E-state index in [0.29, 0.717) is 41.6 Å². The highest BCUT2D eigenvalue weighted by atomic mass is 16.6. The molecule has 4 N–H and O–H groups in total. The highest BCUT2D eigenvalue weighted by Gasteiger charge is 2.25. The van der Waals surface area contributed by atoms with Crippen LogP contribution in [0.5, 0.6) is 5.75 Å². The summed E-state index contributed by atoms with van der Waals surface area (Å²) in [6.45, 7) is 6.52. The molecular weight excluding hydrogens is 518 g/mol. The molecule has 1 aliphatic rings. The summed E-state index contributed by atoms with van der Waals surface area (Å²) in [4.78, 5) is 34.8. The van der Waals surface area contributed by atoms with Gasteiger partial charge in [0, 0.05) is 44.4 Å². The molecular formula is C31H31N7O3. The zero-order chi connectivity index (χ0) is 28.5. The van der Waals surface area contributed by atoms with Crippen molar-refractivity contribution < 1.29 is 14.3 Å². The maximum absolute atomic E-state index is 13.1. The van der Waals surface area contributed by atoms with Gasteiger partial charge in [-0.25, -0.2) is 9.78 Å². The molecule has 0 saturated heterocycles. The van der Waals surface area contributed by atoms with Crippen molar-refractivity contribution in [1.82, 2.24) is 35.7 Å². The van der Waals surface area contributed by atoms with Crippen molar-refractivity contribution >= 4 is 23.0 Å². The molecule has 6 rings (SSSR count). The van der Waals surface area contributed by atoms with Crippen molar-refractivity contribution in [2.45, 2.75) is 26.9 Å². The zero-order valence-electron chi connectivity index (χ0n) is 23.2. The van der Waals surface area contributed by atoms with Gasteiger partial charge in [-0.15, -0.1) is 0 Å². The topological polar surface area (TPSA) is 128 Å². The number of amides is 2. The molecule has 1 aliphatic heterocycles. The largest absolute Gasteiger partial charge is 0.415 e. The molecule has 41 heavy (non-hydrogen) atoms. The number of fused-ring (bicyclic) bond motifs is 2. The van der Waals surface area contributed by atoms with Crippen LogP contribution < -0.4 is 15.4 Å². The van der Waals surface area contributed by atoms with E-state index < -0.39 is 6.09 Å². The molecule has 208 valence electrons. The van der Waals surface area contributed by atoms with Crippen LogP contribution in [0.3, 0.4) is 0 Å². The molecule has 2 amide bonds. The van der Waals surface area contributed by atoms with Gasteiger partial charge in [0.15, 0.2) is 11.6 Å². The zero-order valence-corrected chi connectivity index (χ0v) is 23.2. The number of aromatic nitrogens is 4. The predicted molar refractivity (Wildman–Crippen MR) is 157 cm³/mol. The van der Waals surface area contributed by atoms with Gasteiger partial charge < -0.3 is 25.3 Å². The fourth-order valence-electron chi connectivity index (χ4n) is 5.12. The van der Waals surface area contributed by atoms with Gasteiger partial charge in [-0.2, -0.15) is 5.10 Å². The van der Waals surface area contributed by atoms with Crippen molar-refractivity contribution in [2.75, 3.05) is 20.1 Å². The third-order valence-electron chi connectivity index (χ3n) is 7.47. The van der Waals surface area contributed by atoms with Crippen LogP contribution in [0.25, 0.3) is 44.9 Å². The molecule has 0 bridgehead atoms. The number of rotatable bonds is 7. The number of hydrogen-bond acceptors (Lipinski definition) is 6. The average molecular weight is 550 g/mol. The monoisotopic (exact) mass is 549 g/mol. The number of carbonyl (C=O) groups excluding carboxylic acids is 2. The first-order chi connectivity index (χ1) is 20.0. The summed E-state index contributed by atoms with van der Waals surface area (Å²) in [5.41, 5.74) is 8.58. The van der Waals surface area contributed by atoms with E-state index in [0.717, 1.165) is 40.8 Å². The SMILES string of the molecule is CCN(CC)C(=O)Oc1c(-c2ccc(-c3ccc(C(=O)NC)cc3)cc2)n[nH]c1-c1nc2cc3c(cc2[nH]1)CNC3. The van der Waals surface area contributed by atoms with E-state index in [4.69, 9.17) is 9.72 Å². The number of nitrogens with zero attached hydrogens (tertiary/aromatic N) is 3. The molecule has 0 spiro atoms. The number of ether oxygens (including phenoxy) is 1. The second-order valence-corrected chi connectivity index (χ2v) is 9.88. The molecule has 0 atom stereocenters. The summed E-state index contributed by atoms with van der Waals surface area (Å²) in [7, 11) is 1.61. The first-order valence-corrected chi connectivity index (χ1v) is 13.7. The minimum absolute atomic E-state index is 0.126. The Balaban J connectivity index is 1.37. The summed E-state index contributed by atoms with van der Waals surface area (Å²) < 4.78 is 5.99. The molecule has 0 fully saturated rings. The number of H-pyrrole nitrogens is 2. The number of aromatic amines is 2. The second-order valence-electron chi connectivity index (χ2n) is 9.88. The van der Waals surface area contributed by atoms with Crippen LogP contribution in [0, 0.1) is 0 Å². The third kappa shape index (κ3) is 4.93. The van der Waals surface area contributed by atoms with Gasteiger partial charge in [0.2, 0.25) is 0 Å². The maximum atomic E-state index is 13.1. The van der Waals surface area contributed by atoms with E-state index in [1.54, 1.807) is 24.1 Å². The fourth-order valence-corrected chi connectivity index (χ4v) is 5.12. The Kier molecular flexibility index (Phi) is 6.98. The van der Waals surface area contributed by atoms with Crippen LogP contribution >= 0.6 is 0 Å². The number of imidazole rings is 1. The third-order valence-corrected chi connectivity index (χ3v) is 7.47. The molecule has 10 nitrogen and oxygen atoms in total. The summed E-state index contributed by atoms with van der Waals surface area (Å²) in [5.74, 6) is 0.738. The van der Waals surface area contributed by atoms with Crippen LogP contribution in [0.2, 0.25) is 0 Å². The van der Waals surface area contributed by atoms with Gasteiger partial charge in [-0.1, -0.05) is 36.4 Å². The Bertz CT molecular complexity index is 1690. The summed E-state index contributed by atoms with van der Waals surface area (Å²) in [5, 5.41) is 13.6. The lowest BCUT2D eigenvalue weighted by Crippen LogP contribution is -2.33. The van der Waals surface area contributed by atoms with E-state index in [1.165, 1.54) is 11.1 Å². The van der Waals surface area contributed by atoms with Gasteiger partial charge >= 0.3 is 6.09 Å². The standard InChI is InChI=1S/C31H31N7O3/c1-4-38(5-2)31(40)41-28-26(20-10-6-18(7-11-20)19-8-12-21(13-9-19)30(39)32-3)36-37-27(28)29-34-24-14-22-16-33-17-23(22)15-25(24)35-29/h6-15,33H,4-5,16-17H2,1-3H3,(H,32,39)(H,34,35)(H,36,37). The number of nitrogens with one attached hydrogen (secondary N) is 4. The highest BCUT2D eigenvalue weighted by molar-refractivity contribution is 5.94. The van der Waals surface area contributed by atoms with Gasteiger partial charge in [0.1, 0.15) is 11.4 Å². The van der Waals surface area contributed by atoms with Crippen LogP contribution in [0.15, 0.2) is 60.7 Å². The Labute approximate surface area is 237 Å². The number of benzene rings is 3. The van der Waals surface area contributed by atoms with Crippen molar-refractivity contribution in [1.29, 1.82) is 0 Å². The quantitative estimate of drug-likeness (QED) is 0.224. The van der Waals surface area contributed by atoms with E-state index in [-0.39, 0.29) is 5.91 Å². The molecule has 0 radical (unpaired) electrons. The molecule has 2 aromatic heterocycles. The Morgan fingerprint density at radius 1 is 0.927 bits per heavy atom. The molecule has 5 aromatic rings. The normalized spacial score (nSPS) is 12.4. The Hall–Kier alpha value is -4.96. The van der Waals surface area contributed by atoms with Crippen molar-refractivity contribution in [3.63, 3.8) is 0 Å². The van der Waals surface area contributed by atoms with Gasteiger partial charge in [0.25, 0.3) is 5.91 Å². The Morgan fingerprint density at radius 3 is 2.22 bits per heavy atom.